The maximum Gasteiger partial charge on any atom is 0.180 e. The third kappa shape index (κ3) is 2.70. The van der Waals surface area contributed by atoms with Crippen LogP contribution in [0.2, 0.25) is 0 Å². The standard InChI is InChI=1S/C14H22N6/c1-3-19(11-4-5-11)8-6-16-13-14-17-7-9-20(14)10-12(15-2)18-13/h7,9-11,15H,3-6,8H2,1-2H3,(H,16,18). The highest BCUT2D eigenvalue weighted by Crippen LogP contribution is 2.26. The first kappa shape index (κ1) is 13.2. The minimum Gasteiger partial charge on any atom is -0.372 e. The Morgan fingerprint density at radius 2 is 2.30 bits per heavy atom. The van der Waals surface area contributed by atoms with Gasteiger partial charge in [0.15, 0.2) is 11.5 Å². The number of hydrogen-bond acceptors (Lipinski definition) is 5. The van der Waals surface area contributed by atoms with Gasteiger partial charge in [-0.2, -0.15) is 0 Å². The molecule has 2 N–H and O–H groups in total. The van der Waals surface area contributed by atoms with Crippen LogP contribution in [0.4, 0.5) is 11.6 Å². The summed E-state index contributed by atoms with van der Waals surface area (Å²) >= 11 is 0. The van der Waals surface area contributed by atoms with Gasteiger partial charge in [0.2, 0.25) is 0 Å². The Hall–Kier alpha value is -1.82. The van der Waals surface area contributed by atoms with Gasteiger partial charge in [-0.25, -0.2) is 9.97 Å². The first-order valence-electron chi connectivity index (χ1n) is 7.31. The fourth-order valence-corrected chi connectivity index (χ4v) is 2.53. The van der Waals surface area contributed by atoms with Crippen LogP contribution in [-0.2, 0) is 0 Å². The molecule has 0 aromatic carbocycles. The van der Waals surface area contributed by atoms with E-state index in [9.17, 15) is 0 Å². The quantitative estimate of drug-likeness (QED) is 0.804. The van der Waals surface area contributed by atoms with Gasteiger partial charge in [-0.05, 0) is 19.4 Å². The zero-order valence-electron chi connectivity index (χ0n) is 12.1. The van der Waals surface area contributed by atoms with Crippen molar-refractivity contribution in [3.05, 3.63) is 18.6 Å². The van der Waals surface area contributed by atoms with Crippen molar-refractivity contribution in [3.8, 4) is 0 Å². The summed E-state index contributed by atoms with van der Waals surface area (Å²) in [6.45, 7) is 5.30. The Morgan fingerprint density at radius 1 is 1.45 bits per heavy atom. The van der Waals surface area contributed by atoms with E-state index in [4.69, 9.17) is 0 Å². The van der Waals surface area contributed by atoms with Crippen molar-refractivity contribution < 1.29 is 0 Å². The molecule has 3 rings (SSSR count). The van der Waals surface area contributed by atoms with Crippen molar-refractivity contribution in [1.82, 2.24) is 19.3 Å². The lowest BCUT2D eigenvalue weighted by atomic mass is 10.4. The molecule has 0 saturated heterocycles. The maximum absolute atomic E-state index is 4.55. The van der Waals surface area contributed by atoms with Crippen molar-refractivity contribution in [1.29, 1.82) is 0 Å². The molecule has 2 aromatic heterocycles. The zero-order valence-corrected chi connectivity index (χ0v) is 12.1. The number of aromatic nitrogens is 3. The molecule has 1 saturated carbocycles. The van der Waals surface area contributed by atoms with Crippen LogP contribution in [-0.4, -0.2) is 52.0 Å². The average Bonchev–Trinajstić information content (AvgIpc) is 3.20. The lowest BCUT2D eigenvalue weighted by Gasteiger charge is -2.20. The van der Waals surface area contributed by atoms with Crippen molar-refractivity contribution in [3.63, 3.8) is 0 Å². The van der Waals surface area contributed by atoms with E-state index in [-0.39, 0.29) is 0 Å². The number of imidazole rings is 1. The second-order valence-corrected chi connectivity index (χ2v) is 5.17. The number of anilines is 2. The number of fused-ring (bicyclic) bond motifs is 1. The monoisotopic (exact) mass is 274 g/mol. The summed E-state index contributed by atoms with van der Waals surface area (Å²) in [5.74, 6) is 1.68. The van der Waals surface area contributed by atoms with E-state index < -0.39 is 0 Å². The largest absolute Gasteiger partial charge is 0.372 e. The van der Waals surface area contributed by atoms with Crippen LogP contribution in [0.25, 0.3) is 5.65 Å². The fourth-order valence-electron chi connectivity index (χ4n) is 2.53. The molecule has 0 atom stereocenters. The van der Waals surface area contributed by atoms with Crippen LogP contribution < -0.4 is 10.6 Å². The van der Waals surface area contributed by atoms with E-state index in [2.05, 4.69) is 32.4 Å². The second-order valence-electron chi connectivity index (χ2n) is 5.17. The maximum atomic E-state index is 4.55. The van der Waals surface area contributed by atoms with E-state index >= 15 is 0 Å². The van der Waals surface area contributed by atoms with Gasteiger partial charge in [0, 0.05) is 38.6 Å². The van der Waals surface area contributed by atoms with Crippen LogP contribution >= 0.6 is 0 Å². The lowest BCUT2D eigenvalue weighted by Crippen LogP contribution is -2.31. The summed E-state index contributed by atoms with van der Waals surface area (Å²) in [6, 6.07) is 0.810. The molecule has 2 aromatic rings. The van der Waals surface area contributed by atoms with E-state index in [0.29, 0.717) is 0 Å². The molecule has 1 aliphatic rings. The molecule has 6 nitrogen and oxygen atoms in total. The molecule has 6 heteroatoms. The third-order valence-electron chi connectivity index (χ3n) is 3.79. The number of hydrogen-bond donors (Lipinski definition) is 2. The summed E-state index contributed by atoms with van der Waals surface area (Å²) in [6.07, 6.45) is 8.38. The van der Waals surface area contributed by atoms with E-state index in [1.54, 1.807) is 6.20 Å². The lowest BCUT2D eigenvalue weighted by molar-refractivity contribution is 0.289. The molecule has 20 heavy (non-hydrogen) atoms. The minimum absolute atomic E-state index is 0.810. The van der Waals surface area contributed by atoms with E-state index in [1.165, 1.54) is 12.8 Å². The van der Waals surface area contributed by atoms with Gasteiger partial charge in [-0.1, -0.05) is 6.92 Å². The second kappa shape index (κ2) is 5.66. The average molecular weight is 274 g/mol. The van der Waals surface area contributed by atoms with Gasteiger partial charge >= 0.3 is 0 Å². The molecular weight excluding hydrogens is 252 g/mol. The van der Waals surface area contributed by atoms with Gasteiger partial charge in [-0.15, -0.1) is 0 Å². The molecule has 0 aliphatic heterocycles. The predicted molar refractivity (Wildman–Crippen MR) is 81.3 cm³/mol. The Morgan fingerprint density at radius 3 is 3.00 bits per heavy atom. The van der Waals surface area contributed by atoms with Crippen molar-refractivity contribution in [2.75, 3.05) is 37.3 Å². The number of rotatable bonds is 7. The number of nitrogens with one attached hydrogen (secondary N) is 2. The SMILES string of the molecule is CCN(CCNc1nc(NC)cn2ccnc12)C1CC1. The van der Waals surface area contributed by atoms with E-state index in [1.807, 2.05) is 23.8 Å². The molecule has 2 heterocycles. The normalized spacial score (nSPS) is 14.9. The highest BCUT2D eigenvalue weighted by atomic mass is 15.2. The van der Waals surface area contributed by atoms with Gasteiger partial charge in [0.1, 0.15) is 5.82 Å². The summed E-state index contributed by atoms with van der Waals surface area (Å²) in [5.41, 5.74) is 0.874. The molecule has 1 fully saturated rings. The summed E-state index contributed by atoms with van der Waals surface area (Å²) in [5, 5.41) is 6.50. The summed E-state index contributed by atoms with van der Waals surface area (Å²) in [4.78, 5) is 11.4. The zero-order chi connectivity index (χ0) is 13.9. The molecular formula is C14H22N6. The Labute approximate surface area is 119 Å². The van der Waals surface area contributed by atoms with Crippen LogP contribution in [0.1, 0.15) is 19.8 Å². The Bertz CT molecular complexity index is 574. The summed E-state index contributed by atoms with van der Waals surface area (Å²) in [7, 11) is 1.88. The van der Waals surface area contributed by atoms with Gasteiger partial charge in [-0.3, -0.25) is 4.90 Å². The molecule has 0 bridgehead atoms. The molecule has 108 valence electrons. The molecule has 1 aliphatic carbocycles. The van der Waals surface area contributed by atoms with Gasteiger partial charge in [0.05, 0.1) is 6.20 Å². The van der Waals surface area contributed by atoms with Crippen molar-refractivity contribution >= 4 is 17.3 Å². The fraction of sp³-hybridized carbons (Fsp3) is 0.571. The van der Waals surface area contributed by atoms with Crippen molar-refractivity contribution in [2.45, 2.75) is 25.8 Å². The van der Waals surface area contributed by atoms with Gasteiger partial charge in [0.25, 0.3) is 0 Å². The molecule has 0 radical (unpaired) electrons. The minimum atomic E-state index is 0.810. The number of nitrogens with zero attached hydrogens (tertiary/aromatic N) is 4. The van der Waals surface area contributed by atoms with Crippen LogP contribution in [0.3, 0.4) is 0 Å². The number of likely N-dealkylation sites (N-methyl/N-ethyl adjacent to an activating group) is 1. The Balaban J connectivity index is 1.68. The van der Waals surface area contributed by atoms with Crippen LogP contribution in [0.15, 0.2) is 18.6 Å². The first-order valence-corrected chi connectivity index (χ1v) is 7.31. The van der Waals surface area contributed by atoms with Gasteiger partial charge < -0.3 is 15.0 Å². The topological polar surface area (TPSA) is 57.5 Å². The smallest absolute Gasteiger partial charge is 0.180 e. The van der Waals surface area contributed by atoms with Crippen molar-refractivity contribution in [2.24, 2.45) is 0 Å². The Kier molecular flexibility index (Phi) is 3.73. The molecule has 0 unspecified atom stereocenters. The highest BCUT2D eigenvalue weighted by molar-refractivity contribution is 5.65. The molecule has 0 amide bonds. The third-order valence-corrected chi connectivity index (χ3v) is 3.79. The van der Waals surface area contributed by atoms with E-state index in [0.717, 1.165) is 43.0 Å². The van der Waals surface area contributed by atoms with Crippen LogP contribution in [0, 0.1) is 0 Å². The molecule has 0 spiro atoms. The predicted octanol–water partition coefficient (Wildman–Crippen LogP) is 1.67. The van der Waals surface area contributed by atoms with Crippen LogP contribution in [0.5, 0.6) is 0 Å². The highest BCUT2D eigenvalue weighted by Gasteiger charge is 2.27. The first-order chi connectivity index (χ1) is 9.81. The summed E-state index contributed by atoms with van der Waals surface area (Å²) < 4.78 is 1.99.